The number of amides is 2. The van der Waals surface area contributed by atoms with Crippen LogP contribution in [0, 0.1) is 0 Å². The Morgan fingerprint density at radius 2 is 1.80 bits per heavy atom. The number of benzene rings is 2. The molecule has 2 aromatic carbocycles. The quantitative estimate of drug-likeness (QED) is 0.357. The summed E-state index contributed by atoms with van der Waals surface area (Å²) < 4.78 is 10.1. The predicted octanol–water partition coefficient (Wildman–Crippen LogP) is 2.53. The highest BCUT2D eigenvalue weighted by molar-refractivity contribution is 7.98. The predicted molar refractivity (Wildman–Crippen MR) is 113 cm³/mol. The number of ketones is 1. The molecule has 0 heterocycles. The first kappa shape index (κ1) is 23.0. The lowest BCUT2D eigenvalue weighted by molar-refractivity contribution is -0.141. The number of Topliss-reactive ketones (excluding diaryl/α,β-unsaturated/α-hetero) is 1. The summed E-state index contributed by atoms with van der Waals surface area (Å²) in [5, 5.41) is 5.09. The Hall–Kier alpha value is -3.33. The van der Waals surface area contributed by atoms with E-state index in [2.05, 4.69) is 10.6 Å². The third kappa shape index (κ3) is 6.35. The maximum atomic E-state index is 12.3. The summed E-state index contributed by atoms with van der Waals surface area (Å²) in [5.74, 6) is -1.56. The molecule has 0 radical (unpaired) electrons. The second-order valence-corrected chi connectivity index (χ2v) is 6.91. The summed E-state index contributed by atoms with van der Waals surface area (Å²) in [7, 11) is 1.44. The fourth-order valence-electron chi connectivity index (χ4n) is 2.53. The number of para-hydroxylation sites is 1. The lowest BCUT2D eigenvalue weighted by Crippen LogP contribution is -2.31. The van der Waals surface area contributed by atoms with Gasteiger partial charge in [0, 0.05) is 17.4 Å². The number of hydrogen-bond acceptors (Lipinski definition) is 7. The third-order valence-electron chi connectivity index (χ3n) is 3.94. The zero-order valence-electron chi connectivity index (χ0n) is 16.8. The van der Waals surface area contributed by atoms with E-state index in [0.29, 0.717) is 17.0 Å². The van der Waals surface area contributed by atoms with Crippen LogP contribution >= 0.6 is 11.8 Å². The molecule has 0 aliphatic heterocycles. The molecule has 2 N–H and O–H groups in total. The molecule has 2 rings (SSSR count). The van der Waals surface area contributed by atoms with Crippen LogP contribution in [0.2, 0.25) is 0 Å². The Kier molecular flexibility index (Phi) is 8.42. The lowest BCUT2D eigenvalue weighted by Gasteiger charge is -2.11. The average Bonchev–Trinajstić information content (AvgIpc) is 2.75. The van der Waals surface area contributed by atoms with Crippen LogP contribution in [0.5, 0.6) is 5.75 Å². The van der Waals surface area contributed by atoms with Crippen molar-refractivity contribution in [1.82, 2.24) is 5.32 Å². The molecule has 2 aromatic rings. The van der Waals surface area contributed by atoms with Crippen LogP contribution < -0.4 is 15.4 Å². The number of thioether (sulfide) groups is 1. The average molecular weight is 430 g/mol. The monoisotopic (exact) mass is 430 g/mol. The van der Waals surface area contributed by atoms with Crippen LogP contribution in [-0.2, 0) is 14.3 Å². The van der Waals surface area contributed by atoms with Crippen molar-refractivity contribution < 1.29 is 28.7 Å². The fourth-order valence-corrected chi connectivity index (χ4v) is 3.06. The van der Waals surface area contributed by atoms with E-state index < -0.39 is 30.8 Å². The largest absolute Gasteiger partial charge is 0.496 e. The number of carbonyl (C=O) groups excluding carboxylic acids is 4. The van der Waals surface area contributed by atoms with Crippen LogP contribution in [-0.4, -0.2) is 50.1 Å². The fraction of sp³-hybridized carbons (Fsp3) is 0.238. The molecule has 0 fully saturated rings. The summed E-state index contributed by atoms with van der Waals surface area (Å²) in [4.78, 5) is 48.5. The smallest absolute Gasteiger partial charge is 0.325 e. The van der Waals surface area contributed by atoms with Gasteiger partial charge in [-0.1, -0.05) is 18.2 Å². The van der Waals surface area contributed by atoms with Gasteiger partial charge in [0.25, 0.3) is 5.91 Å². The normalized spacial score (nSPS) is 10.1. The highest BCUT2D eigenvalue weighted by Crippen LogP contribution is 2.26. The summed E-state index contributed by atoms with van der Waals surface area (Å²) in [5.41, 5.74) is 1.09. The summed E-state index contributed by atoms with van der Waals surface area (Å²) in [6, 6.07) is 11.4. The molecule has 0 unspecified atom stereocenters. The molecule has 0 spiro atoms. The van der Waals surface area contributed by atoms with E-state index in [4.69, 9.17) is 9.47 Å². The number of carbonyl (C=O) groups is 4. The van der Waals surface area contributed by atoms with Crippen molar-refractivity contribution in [3.05, 3.63) is 53.6 Å². The van der Waals surface area contributed by atoms with Crippen LogP contribution in [0.3, 0.4) is 0 Å². The van der Waals surface area contributed by atoms with Crippen molar-refractivity contribution in [2.45, 2.75) is 11.8 Å². The molecule has 0 saturated heterocycles. The van der Waals surface area contributed by atoms with Gasteiger partial charge in [-0.3, -0.25) is 19.2 Å². The van der Waals surface area contributed by atoms with Gasteiger partial charge in [0.15, 0.2) is 12.4 Å². The maximum Gasteiger partial charge on any atom is 0.325 e. The molecule has 0 aliphatic rings. The maximum absolute atomic E-state index is 12.3. The number of hydrogen-bond donors (Lipinski definition) is 2. The van der Waals surface area contributed by atoms with E-state index in [1.54, 1.807) is 36.4 Å². The second-order valence-electron chi connectivity index (χ2n) is 6.06. The second kappa shape index (κ2) is 11.0. The molecule has 0 atom stereocenters. The molecule has 2 amide bonds. The zero-order valence-corrected chi connectivity index (χ0v) is 17.6. The first-order valence-corrected chi connectivity index (χ1v) is 10.1. The SMILES string of the molecule is COc1ccccc1C(=O)NCC(=O)OCC(=O)c1ccc(SC)c(NC(C)=O)c1. The number of anilines is 1. The topological polar surface area (TPSA) is 111 Å². The number of esters is 1. The lowest BCUT2D eigenvalue weighted by atomic mass is 10.1. The summed E-state index contributed by atoms with van der Waals surface area (Å²) >= 11 is 1.43. The molecule has 8 nitrogen and oxygen atoms in total. The first-order valence-electron chi connectivity index (χ1n) is 8.91. The zero-order chi connectivity index (χ0) is 22.1. The molecule has 0 aliphatic carbocycles. The van der Waals surface area contributed by atoms with E-state index in [0.717, 1.165) is 4.90 Å². The van der Waals surface area contributed by atoms with E-state index in [1.165, 1.54) is 31.9 Å². The van der Waals surface area contributed by atoms with Crippen molar-refractivity contribution in [2.24, 2.45) is 0 Å². The Morgan fingerprint density at radius 3 is 2.47 bits per heavy atom. The van der Waals surface area contributed by atoms with Gasteiger partial charge in [0.1, 0.15) is 12.3 Å². The number of methoxy groups -OCH3 is 1. The molecule has 0 bridgehead atoms. The number of nitrogens with one attached hydrogen (secondary N) is 2. The van der Waals surface area contributed by atoms with Crippen LogP contribution in [0.15, 0.2) is 47.4 Å². The van der Waals surface area contributed by atoms with E-state index in [9.17, 15) is 19.2 Å². The molecule has 30 heavy (non-hydrogen) atoms. The minimum atomic E-state index is -0.755. The van der Waals surface area contributed by atoms with Gasteiger partial charge in [-0.2, -0.15) is 0 Å². The van der Waals surface area contributed by atoms with E-state index in [-0.39, 0.29) is 11.5 Å². The van der Waals surface area contributed by atoms with Gasteiger partial charge >= 0.3 is 5.97 Å². The minimum Gasteiger partial charge on any atom is -0.496 e. The van der Waals surface area contributed by atoms with E-state index >= 15 is 0 Å². The molecule has 9 heteroatoms. The van der Waals surface area contributed by atoms with Gasteiger partial charge in [-0.25, -0.2) is 0 Å². The standard InChI is InChI=1S/C21H22N2O6S/c1-13(24)23-16-10-14(8-9-19(16)30-3)17(25)12-29-20(26)11-22-21(27)15-6-4-5-7-18(15)28-2/h4-10H,11-12H2,1-3H3,(H,22,27)(H,23,24). The molecule has 0 saturated carbocycles. The van der Waals surface area contributed by atoms with Crippen molar-refractivity contribution in [2.75, 3.05) is 31.8 Å². The highest BCUT2D eigenvalue weighted by Gasteiger charge is 2.15. The molecule has 0 aromatic heterocycles. The summed E-state index contributed by atoms with van der Waals surface area (Å²) in [6.45, 7) is 0.494. The Labute approximate surface area is 178 Å². The Bertz CT molecular complexity index is 960. The van der Waals surface area contributed by atoms with Gasteiger partial charge in [-0.15, -0.1) is 11.8 Å². The Balaban J connectivity index is 1.91. The van der Waals surface area contributed by atoms with Crippen molar-refractivity contribution >= 4 is 41.0 Å². The Morgan fingerprint density at radius 1 is 1.07 bits per heavy atom. The van der Waals surface area contributed by atoms with Gasteiger partial charge < -0.3 is 20.1 Å². The van der Waals surface area contributed by atoms with Crippen LogP contribution in [0.4, 0.5) is 5.69 Å². The first-order chi connectivity index (χ1) is 14.3. The summed E-state index contributed by atoms with van der Waals surface area (Å²) in [6.07, 6.45) is 1.85. The van der Waals surface area contributed by atoms with Gasteiger partial charge in [0.2, 0.25) is 5.91 Å². The molecule has 158 valence electrons. The highest BCUT2D eigenvalue weighted by atomic mass is 32.2. The van der Waals surface area contributed by atoms with Gasteiger partial charge in [0.05, 0.1) is 18.4 Å². The number of ether oxygens (including phenoxy) is 2. The van der Waals surface area contributed by atoms with Crippen molar-refractivity contribution in [3.8, 4) is 5.75 Å². The van der Waals surface area contributed by atoms with Crippen LogP contribution in [0.1, 0.15) is 27.6 Å². The third-order valence-corrected chi connectivity index (χ3v) is 4.74. The van der Waals surface area contributed by atoms with E-state index in [1.807, 2.05) is 6.26 Å². The van der Waals surface area contributed by atoms with Crippen molar-refractivity contribution in [1.29, 1.82) is 0 Å². The molecular formula is C21H22N2O6S. The number of rotatable bonds is 9. The molecular weight excluding hydrogens is 408 g/mol. The minimum absolute atomic E-state index is 0.257. The van der Waals surface area contributed by atoms with Crippen LogP contribution in [0.25, 0.3) is 0 Å². The van der Waals surface area contributed by atoms with Crippen molar-refractivity contribution in [3.63, 3.8) is 0 Å². The van der Waals surface area contributed by atoms with Gasteiger partial charge in [-0.05, 0) is 30.5 Å².